The standard InChI is InChI=1S/C7H14O2S4.2C3H6/c8-4-10-1-6-2-12-7(13-6)3-11-5-9;2*1-3-2/h6-9H,1-5H2;2*3H,1H2,2H3. The van der Waals surface area contributed by atoms with Crippen LogP contribution in [0.4, 0.5) is 0 Å². The molecule has 0 radical (unpaired) electrons. The number of rotatable bonds is 6. The maximum absolute atomic E-state index is 8.64. The summed E-state index contributed by atoms with van der Waals surface area (Å²) in [6.45, 7) is 10.5. The lowest BCUT2D eigenvalue weighted by molar-refractivity contribution is 0.375. The molecule has 0 saturated carbocycles. The second-order valence-corrected chi connectivity index (χ2v) is 8.38. The fourth-order valence-corrected chi connectivity index (χ4v) is 6.38. The van der Waals surface area contributed by atoms with Crippen molar-refractivity contribution in [1.82, 2.24) is 0 Å². The van der Waals surface area contributed by atoms with Crippen LogP contribution in [0, 0.1) is 0 Å². The van der Waals surface area contributed by atoms with Gasteiger partial charge in [0.2, 0.25) is 0 Å². The third-order valence-electron chi connectivity index (χ3n) is 1.55. The van der Waals surface area contributed by atoms with Gasteiger partial charge in [-0.2, -0.15) is 0 Å². The first kappa shape index (κ1) is 22.1. The van der Waals surface area contributed by atoms with Gasteiger partial charge < -0.3 is 10.2 Å². The van der Waals surface area contributed by atoms with Gasteiger partial charge in [-0.15, -0.1) is 60.2 Å². The molecule has 0 spiro atoms. The summed E-state index contributed by atoms with van der Waals surface area (Å²) in [5.41, 5.74) is 0. The van der Waals surface area contributed by atoms with Crippen LogP contribution in [0.25, 0.3) is 0 Å². The van der Waals surface area contributed by atoms with Crippen molar-refractivity contribution in [3.63, 3.8) is 0 Å². The molecule has 1 saturated heterocycles. The van der Waals surface area contributed by atoms with E-state index in [1.807, 2.05) is 37.4 Å². The van der Waals surface area contributed by atoms with Gasteiger partial charge in [-0.1, -0.05) is 12.2 Å². The Bertz CT molecular complexity index is 183. The van der Waals surface area contributed by atoms with Gasteiger partial charge in [-0.25, -0.2) is 0 Å². The third kappa shape index (κ3) is 16.7. The fourth-order valence-electron chi connectivity index (χ4n) is 1.02. The van der Waals surface area contributed by atoms with Crippen LogP contribution in [0.1, 0.15) is 13.8 Å². The van der Waals surface area contributed by atoms with Crippen LogP contribution in [0.15, 0.2) is 25.3 Å². The highest BCUT2D eigenvalue weighted by atomic mass is 32.2. The summed E-state index contributed by atoms with van der Waals surface area (Å²) in [6.07, 6.45) is 3.50. The van der Waals surface area contributed by atoms with Crippen LogP contribution in [0.5, 0.6) is 0 Å². The number of hydrogen-bond acceptors (Lipinski definition) is 6. The minimum absolute atomic E-state index is 0.230. The van der Waals surface area contributed by atoms with E-state index in [4.69, 9.17) is 10.2 Å². The minimum atomic E-state index is 0.230. The molecular formula is C13H26O2S4. The minimum Gasteiger partial charge on any atom is -0.386 e. The molecule has 2 nitrogen and oxygen atoms in total. The normalized spacial score (nSPS) is 20.6. The molecule has 2 atom stereocenters. The van der Waals surface area contributed by atoms with Crippen LogP contribution in [0.3, 0.4) is 0 Å². The molecule has 0 aromatic rings. The molecule has 1 heterocycles. The molecule has 0 bridgehead atoms. The lowest BCUT2D eigenvalue weighted by Gasteiger charge is -2.08. The third-order valence-corrected chi connectivity index (χ3v) is 7.03. The van der Waals surface area contributed by atoms with E-state index in [0.717, 1.165) is 11.5 Å². The number of hydrogen-bond donors (Lipinski definition) is 2. The van der Waals surface area contributed by atoms with Crippen LogP contribution in [0.2, 0.25) is 0 Å². The van der Waals surface area contributed by atoms with Gasteiger partial charge in [-0.05, 0) is 13.8 Å². The molecular weight excluding hydrogens is 316 g/mol. The number of aliphatic hydroxyl groups is 2. The van der Waals surface area contributed by atoms with E-state index in [1.54, 1.807) is 35.7 Å². The first-order valence-corrected chi connectivity index (χ1v) is 10.3. The zero-order chi connectivity index (χ0) is 14.9. The van der Waals surface area contributed by atoms with Crippen molar-refractivity contribution in [2.24, 2.45) is 0 Å². The van der Waals surface area contributed by atoms with Crippen molar-refractivity contribution in [3.8, 4) is 0 Å². The van der Waals surface area contributed by atoms with E-state index >= 15 is 0 Å². The molecule has 1 fully saturated rings. The Hall–Kier alpha value is 0.800. The van der Waals surface area contributed by atoms with Crippen molar-refractivity contribution < 1.29 is 10.2 Å². The van der Waals surface area contributed by atoms with E-state index < -0.39 is 0 Å². The molecule has 19 heavy (non-hydrogen) atoms. The molecule has 0 aromatic heterocycles. The molecule has 0 aliphatic carbocycles. The monoisotopic (exact) mass is 342 g/mol. The summed E-state index contributed by atoms with van der Waals surface area (Å²) in [6, 6.07) is 0. The Kier molecular flexibility index (Phi) is 21.9. The molecule has 2 N–H and O–H groups in total. The summed E-state index contributed by atoms with van der Waals surface area (Å²) in [7, 11) is 0. The highest BCUT2D eigenvalue weighted by molar-refractivity contribution is 8.21. The predicted molar refractivity (Wildman–Crippen MR) is 98.5 cm³/mol. The van der Waals surface area contributed by atoms with Gasteiger partial charge in [0.05, 0.1) is 16.5 Å². The van der Waals surface area contributed by atoms with Gasteiger partial charge in [0.15, 0.2) is 0 Å². The second kappa shape index (κ2) is 18.8. The lowest BCUT2D eigenvalue weighted by atomic mass is 10.6. The smallest absolute Gasteiger partial charge is 0.0886 e. The Morgan fingerprint density at radius 2 is 1.58 bits per heavy atom. The summed E-state index contributed by atoms with van der Waals surface area (Å²) in [4.78, 5) is 0. The van der Waals surface area contributed by atoms with E-state index in [9.17, 15) is 0 Å². The summed E-state index contributed by atoms with van der Waals surface area (Å²) in [5, 5.41) is 18.0. The van der Waals surface area contributed by atoms with Crippen molar-refractivity contribution >= 4 is 47.0 Å². The molecule has 1 rings (SSSR count). The number of aliphatic hydroxyl groups excluding tert-OH is 2. The van der Waals surface area contributed by atoms with Crippen molar-refractivity contribution in [2.75, 3.05) is 29.1 Å². The van der Waals surface area contributed by atoms with Gasteiger partial charge in [0, 0.05) is 22.5 Å². The molecule has 6 heteroatoms. The Morgan fingerprint density at radius 3 is 2.05 bits per heavy atom. The highest BCUT2D eigenvalue weighted by Crippen LogP contribution is 2.40. The molecule has 0 aromatic carbocycles. The average Bonchev–Trinajstić information content (AvgIpc) is 2.84. The van der Waals surface area contributed by atoms with Crippen LogP contribution < -0.4 is 0 Å². The number of thioether (sulfide) groups is 4. The quantitative estimate of drug-likeness (QED) is 0.563. The summed E-state index contributed by atoms with van der Waals surface area (Å²) < 4.78 is 0.640. The summed E-state index contributed by atoms with van der Waals surface area (Å²) in [5.74, 6) is 3.74. The topological polar surface area (TPSA) is 40.5 Å². The molecule has 2 unspecified atom stereocenters. The van der Waals surface area contributed by atoms with Gasteiger partial charge in [-0.3, -0.25) is 0 Å². The maximum atomic E-state index is 8.64. The first-order chi connectivity index (χ1) is 9.19. The zero-order valence-corrected chi connectivity index (χ0v) is 15.1. The van der Waals surface area contributed by atoms with Crippen LogP contribution >= 0.6 is 47.0 Å². The largest absolute Gasteiger partial charge is 0.386 e. The molecule has 0 amide bonds. The molecule has 114 valence electrons. The van der Waals surface area contributed by atoms with E-state index in [-0.39, 0.29) is 11.9 Å². The SMILES string of the molecule is C=CC.C=CC.OCSCC1CSC(CSCO)S1. The predicted octanol–water partition coefficient (Wildman–Crippen LogP) is 3.91. The van der Waals surface area contributed by atoms with Crippen LogP contribution in [-0.2, 0) is 0 Å². The lowest BCUT2D eigenvalue weighted by Crippen LogP contribution is -2.05. The van der Waals surface area contributed by atoms with Crippen LogP contribution in [-0.4, -0.2) is 49.2 Å². The summed E-state index contributed by atoms with van der Waals surface area (Å²) >= 11 is 7.15. The van der Waals surface area contributed by atoms with Gasteiger partial charge in [0.25, 0.3) is 0 Å². The second-order valence-electron chi connectivity index (χ2n) is 3.34. The first-order valence-electron chi connectivity index (χ1n) is 5.98. The maximum Gasteiger partial charge on any atom is 0.0886 e. The number of allylic oxidation sites excluding steroid dienone is 2. The van der Waals surface area contributed by atoms with Crippen molar-refractivity contribution in [2.45, 2.75) is 23.7 Å². The van der Waals surface area contributed by atoms with E-state index in [0.29, 0.717) is 9.83 Å². The van der Waals surface area contributed by atoms with Crippen molar-refractivity contribution in [1.29, 1.82) is 0 Å². The molecule has 1 aliphatic rings. The average molecular weight is 343 g/mol. The Morgan fingerprint density at radius 1 is 1.11 bits per heavy atom. The van der Waals surface area contributed by atoms with E-state index in [1.165, 1.54) is 5.75 Å². The Balaban J connectivity index is 0. The highest BCUT2D eigenvalue weighted by Gasteiger charge is 2.25. The fraction of sp³-hybridized carbons (Fsp3) is 0.692. The van der Waals surface area contributed by atoms with Gasteiger partial charge >= 0.3 is 0 Å². The molecule has 1 aliphatic heterocycles. The van der Waals surface area contributed by atoms with Crippen molar-refractivity contribution in [3.05, 3.63) is 25.3 Å². The van der Waals surface area contributed by atoms with Gasteiger partial charge in [0.1, 0.15) is 0 Å². The Labute approximate surface area is 135 Å². The van der Waals surface area contributed by atoms with E-state index in [2.05, 4.69) is 13.2 Å². The zero-order valence-electron chi connectivity index (χ0n) is 11.8.